The van der Waals surface area contributed by atoms with Gasteiger partial charge < -0.3 is 19.5 Å². The monoisotopic (exact) mass is 303 g/mol. The first-order valence-electron chi connectivity index (χ1n) is 6.41. The number of benzene rings is 1. The third-order valence-corrected chi connectivity index (χ3v) is 2.78. The first-order valence-corrected chi connectivity index (χ1v) is 6.41. The van der Waals surface area contributed by atoms with E-state index in [4.69, 9.17) is 9.47 Å². The first kappa shape index (κ1) is 17.2. The van der Waals surface area contributed by atoms with E-state index in [-0.39, 0.29) is 23.1 Å². The molecule has 1 atom stereocenters. The van der Waals surface area contributed by atoms with Gasteiger partial charge in [0.15, 0.2) is 11.5 Å². The molecule has 5 nitrogen and oxygen atoms in total. The maximum Gasteiger partial charge on any atom is 0.387 e. The molecule has 21 heavy (non-hydrogen) atoms. The highest BCUT2D eigenvalue weighted by molar-refractivity contribution is 5.98. The number of hydrogen-bond donors (Lipinski definition) is 1. The van der Waals surface area contributed by atoms with Crippen molar-refractivity contribution in [2.75, 3.05) is 20.8 Å². The van der Waals surface area contributed by atoms with Crippen LogP contribution in [0.3, 0.4) is 0 Å². The van der Waals surface area contributed by atoms with Crippen molar-refractivity contribution in [1.29, 1.82) is 0 Å². The minimum atomic E-state index is -3.04. The Hall–Kier alpha value is -1.89. The van der Waals surface area contributed by atoms with Gasteiger partial charge in [0.2, 0.25) is 0 Å². The van der Waals surface area contributed by atoms with Gasteiger partial charge in [0, 0.05) is 19.8 Å². The Labute approximate surface area is 122 Å². The summed E-state index contributed by atoms with van der Waals surface area (Å²) >= 11 is 0. The largest absolute Gasteiger partial charge is 0.493 e. The van der Waals surface area contributed by atoms with Gasteiger partial charge in [0.1, 0.15) is 0 Å². The zero-order chi connectivity index (χ0) is 15.8. The zero-order valence-corrected chi connectivity index (χ0v) is 12.2. The zero-order valence-electron chi connectivity index (χ0n) is 12.2. The summed E-state index contributed by atoms with van der Waals surface area (Å²) in [5.74, 6) is -0.702. The van der Waals surface area contributed by atoms with Crippen molar-refractivity contribution < 1.29 is 27.8 Å². The number of amides is 1. The van der Waals surface area contributed by atoms with Gasteiger partial charge in [-0.05, 0) is 25.5 Å². The van der Waals surface area contributed by atoms with Crippen LogP contribution in [-0.2, 0) is 4.74 Å². The number of para-hydroxylation sites is 1. The van der Waals surface area contributed by atoms with E-state index >= 15 is 0 Å². The molecule has 1 aromatic rings. The minimum Gasteiger partial charge on any atom is -0.493 e. The van der Waals surface area contributed by atoms with E-state index in [2.05, 4.69) is 10.1 Å². The second-order valence-corrected chi connectivity index (χ2v) is 4.37. The molecule has 1 unspecified atom stereocenters. The summed E-state index contributed by atoms with van der Waals surface area (Å²) in [7, 11) is 2.88. The van der Waals surface area contributed by atoms with Crippen LogP contribution in [0.1, 0.15) is 23.7 Å². The van der Waals surface area contributed by atoms with Gasteiger partial charge in [-0.15, -0.1) is 0 Å². The van der Waals surface area contributed by atoms with Crippen molar-refractivity contribution >= 4 is 5.91 Å². The van der Waals surface area contributed by atoms with Gasteiger partial charge in [-0.3, -0.25) is 4.79 Å². The summed E-state index contributed by atoms with van der Waals surface area (Å²) in [4.78, 5) is 12.2. The highest BCUT2D eigenvalue weighted by Crippen LogP contribution is 2.32. The lowest BCUT2D eigenvalue weighted by Gasteiger charge is -2.17. The SMILES string of the molecule is COCCC(C)NC(=O)c1cccc(OC)c1OC(F)F. The van der Waals surface area contributed by atoms with Crippen LogP contribution in [0.5, 0.6) is 11.5 Å². The van der Waals surface area contributed by atoms with E-state index in [0.29, 0.717) is 13.0 Å². The number of methoxy groups -OCH3 is 2. The standard InChI is InChI=1S/C14H19F2NO4/c1-9(7-8-19-2)17-13(18)10-5-4-6-11(20-3)12(10)21-14(15)16/h4-6,9,14H,7-8H2,1-3H3,(H,17,18). The Morgan fingerprint density at radius 2 is 2.05 bits per heavy atom. The molecule has 118 valence electrons. The third-order valence-electron chi connectivity index (χ3n) is 2.78. The molecule has 0 radical (unpaired) electrons. The fourth-order valence-electron chi connectivity index (χ4n) is 1.73. The van der Waals surface area contributed by atoms with E-state index in [1.807, 2.05) is 0 Å². The van der Waals surface area contributed by atoms with Crippen molar-refractivity contribution in [2.45, 2.75) is 26.0 Å². The molecule has 1 N–H and O–H groups in total. The van der Waals surface area contributed by atoms with E-state index in [0.717, 1.165) is 0 Å². The number of rotatable bonds is 8. The molecule has 0 spiro atoms. The number of nitrogens with one attached hydrogen (secondary N) is 1. The lowest BCUT2D eigenvalue weighted by atomic mass is 10.1. The van der Waals surface area contributed by atoms with Crippen LogP contribution in [0.15, 0.2) is 18.2 Å². The van der Waals surface area contributed by atoms with Crippen molar-refractivity contribution in [3.05, 3.63) is 23.8 Å². The number of carbonyl (C=O) groups excluding carboxylic acids is 1. The summed E-state index contributed by atoms with van der Waals surface area (Å²) in [6.45, 7) is -0.760. The number of ether oxygens (including phenoxy) is 3. The number of carbonyl (C=O) groups is 1. The second kappa shape index (κ2) is 8.41. The first-order chi connectivity index (χ1) is 9.99. The van der Waals surface area contributed by atoms with Crippen LogP contribution in [0.2, 0.25) is 0 Å². The maximum atomic E-state index is 12.5. The molecular formula is C14H19F2NO4. The van der Waals surface area contributed by atoms with Gasteiger partial charge in [-0.2, -0.15) is 8.78 Å². The number of alkyl halides is 2. The second-order valence-electron chi connectivity index (χ2n) is 4.37. The van der Waals surface area contributed by atoms with E-state index < -0.39 is 12.5 Å². The molecule has 0 aliphatic heterocycles. The van der Waals surface area contributed by atoms with E-state index in [9.17, 15) is 13.6 Å². The summed E-state index contributed by atoms with van der Waals surface area (Å²) in [5, 5.41) is 2.70. The lowest BCUT2D eigenvalue weighted by Crippen LogP contribution is -2.33. The predicted octanol–water partition coefficient (Wildman–Crippen LogP) is 2.45. The summed E-state index contributed by atoms with van der Waals surface area (Å²) in [6, 6.07) is 4.22. The van der Waals surface area contributed by atoms with Crippen molar-refractivity contribution in [3.8, 4) is 11.5 Å². The van der Waals surface area contributed by atoms with Crippen molar-refractivity contribution in [3.63, 3.8) is 0 Å². The van der Waals surface area contributed by atoms with Crippen LogP contribution in [0.25, 0.3) is 0 Å². The van der Waals surface area contributed by atoms with Crippen LogP contribution >= 0.6 is 0 Å². The topological polar surface area (TPSA) is 56.8 Å². The van der Waals surface area contributed by atoms with Crippen LogP contribution in [-0.4, -0.2) is 39.4 Å². The Balaban J connectivity index is 2.92. The number of halogens is 2. The maximum absolute atomic E-state index is 12.5. The molecule has 0 aromatic heterocycles. The summed E-state index contributed by atoms with van der Waals surface area (Å²) in [5.41, 5.74) is -0.00100. The third kappa shape index (κ3) is 5.18. The molecule has 7 heteroatoms. The van der Waals surface area contributed by atoms with Gasteiger partial charge >= 0.3 is 6.61 Å². The highest BCUT2D eigenvalue weighted by atomic mass is 19.3. The molecule has 0 bridgehead atoms. The Kier molecular flexibility index (Phi) is 6.87. The molecule has 1 rings (SSSR count). The van der Waals surface area contributed by atoms with Gasteiger partial charge in [0.25, 0.3) is 5.91 Å². The van der Waals surface area contributed by atoms with E-state index in [1.54, 1.807) is 14.0 Å². The molecule has 0 aliphatic carbocycles. The average molecular weight is 303 g/mol. The van der Waals surface area contributed by atoms with E-state index in [1.165, 1.54) is 25.3 Å². The Bertz CT molecular complexity index is 468. The fraction of sp³-hybridized carbons (Fsp3) is 0.500. The van der Waals surface area contributed by atoms with Crippen molar-refractivity contribution in [2.24, 2.45) is 0 Å². The molecule has 0 fully saturated rings. The van der Waals surface area contributed by atoms with Crippen LogP contribution < -0.4 is 14.8 Å². The minimum absolute atomic E-state index is 0.00100. The quantitative estimate of drug-likeness (QED) is 0.801. The smallest absolute Gasteiger partial charge is 0.387 e. The average Bonchev–Trinajstić information content (AvgIpc) is 2.44. The van der Waals surface area contributed by atoms with Gasteiger partial charge in [0.05, 0.1) is 12.7 Å². The number of hydrogen-bond acceptors (Lipinski definition) is 4. The lowest BCUT2D eigenvalue weighted by molar-refractivity contribution is -0.0515. The Morgan fingerprint density at radius 3 is 2.62 bits per heavy atom. The Morgan fingerprint density at radius 1 is 1.33 bits per heavy atom. The molecule has 0 saturated heterocycles. The summed E-state index contributed by atoms with van der Waals surface area (Å²) in [6.07, 6.45) is 0.608. The molecule has 0 aliphatic rings. The van der Waals surface area contributed by atoms with Gasteiger partial charge in [-0.1, -0.05) is 6.07 Å². The van der Waals surface area contributed by atoms with Crippen LogP contribution in [0.4, 0.5) is 8.78 Å². The molecule has 1 amide bonds. The van der Waals surface area contributed by atoms with Crippen molar-refractivity contribution in [1.82, 2.24) is 5.32 Å². The highest BCUT2D eigenvalue weighted by Gasteiger charge is 2.21. The molecule has 0 heterocycles. The van der Waals surface area contributed by atoms with Crippen LogP contribution in [0, 0.1) is 0 Å². The molecule has 1 aromatic carbocycles. The van der Waals surface area contributed by atoms with Gasteiger partial charge in [-0.25, -0.2) is 0 Å². The molecule has 0 saturated carbocycles. The summed E-state index contributed by atoms with van der Waals surface area (Å²) < 4.78 is 39.2. The normalized spacial score (nSPS) is 12.1. The molecular weight excluding hydrogens is 284 g/mol. The predicted molar refractivity (Wildman–Crippen MR) is 73.0 cm³/mol. The fourth-order valence-corrected chi connectivity index (χ4v) is 1.73.